The predicted molar refractivity (Wildman–Crippen MR) is 86.0 cm³/mol. The molecule has 3 heteroatoms. The minimum absolute atomic E-state index is 0.550. The smallest absolute Gasteiger partial charge is 0.0419 e. The van der Waals surface area contributed by atoms with E-state index in [0.717, 1.165) is 15.7 Å². The van der Waals surface area contributed by atoms with Crippen molar-refractivity contribution in [1.29, 1.82) is 0 Å². The quantitative estimate of drug-likeness (QED) is 0.914. The van der Waals surface area contributed by atoms with Crippen LogP contribution < -0.4 is 10.6 Å². The van der Waals surface area contributed by atoms with E-state index in [0.29, 0.717) is 6.54 Å². The Morgan fingerprint density at radius 3 is 2.16 bits per heavy atom. The standard InChI is InChI=1S/C16H19BrN2/c1-11-6-12(2)8-15(7-11)19(3)14-5-4-13(10-18)16(17)9-14/h4-9H,10,18H2,1-3H3. The topological polar surface area (TPSA) is 29.3 Å². The third kappa shape index (κ3) is 3.17. The molecule has 0 heterocycles. The van der Waals surface area contributed by atoms with Crippen LogP contribution in [0.5, 0.6) is 0 Å². The highest BCUT2D eigenvalue weighted by atomic mass is 79.9. The lowest BCUT2D eigenvalue weighted by Gasteiger charge is -2.21. The molecule has 0 radical (unpaired) electrons. The van der Waals surface area contributed by atoms with Crippen LogP contribution in [0.1, 0.15) is 16.7 Å². The molecule has 0 saturated carbocycles. The first-order chi connectivity index (χ1) is 9.01. The van der Waals surface area contributed by atoms with Crippen molar-refractivity contribution in [2.75, 3.05) is 11.9 Å². The van der Waals surface area contributed by atoms with Crippen LogP contribution in [0.3, 0.4) is 0 Å². The van der Waals surface area contributed by atoms with Gasteiger partial charge < -0.3 is 10.6 Å². The van der Waals surface area contributed by atoms with Crippen molar-refractivity contribution in [2.24, 2.45) is 5.73 Å². The van der Waals surface area contributed by atoms with Gasteiger partial charge in [-0.15, -0.1) is 0 Å². The van der Waals surface area contributed by atoms with Crippen LogP contribution in [0.15, 0.2) is 40.9 Å². The number of aryl methyl sites for hydroxylation is 2. The summed E-state index contributed by atoms with van der Waals surface area (Å²) < 4.78 is 1.06. The number of nitrogens with two attached hydrogens (primary N) is 1. The fraction of sp³-hybridized carbons (Fsp3) is 0.250. The van der Waals surface area contributed by atoms with Crippen LogP contribution in [0.25, 0.3) is 0 Å². The molecule has 2 aromatic rings. The molecule has 0 bridgehead atoms. The number of hydrogen-bond donors (Lipinski definition) is 1. The highest BCUT2D eigenvalue weighted by Gasteiger charge is 2.07. The number of rotatable bonds is 3. The maximum Gasteiger partial charge on any atom is 0.0419 e. The number of halogens is 1. The van der Waals surface area contributed by atoms with Crippen LogP contribution in [0.2, 0.25) is 0 Å². The monoisotopic (exact) mass is 318 g/mol. The molecular formula is C16H19BrN2. The third-order valence-electron chi connectivity index (χ3n) is 3.24. The average Bonchev–Trinajstić information content (AvgIpc) is 2.36. The third-order valence-corrected chi connectivity index (χ3v) is 3.98. The van der Waals surface area contributed by atoms with Crippen LogP contribution in [0, 0.1) is 13.8 Å². The lowest BCUT2D eigenvalue weighted by molar-refractivity contribution is 1.06. The zero-order chi connectivity index (χ0) is 14.0. The first-order valence-electron chi connectivity index (χ1n) is 6.32. The molecule has 0 saturated heterocycles. The van der Waals surface area contributed by atoms with Gasteiger partial charge in [-0.1, -0.05) is 28.1 Å². The Labute approximate surface area is 123 Å². The van der Waals surface area contributed by atoms with Gasteiger partial charge in [-0.25, -0.2) is 0 Å². The second-order valence-corrected chi connectivity index (χ2v) is 5.74. The number of anilines is 2. The molecule has 0 aliphatic heterocycles. The van der Waals surface area contributed by atoms with E-state index >= 15 is 0 Å². The minimum atomic E-state index is 0.550. The Bertz CT molecular complexity index is 573. The van der Waals surface area contributed by atoms with Gasteiger partial charge >= 0.3 is 0 Å². The zero-order valence-corrected chi connectivity index (χ0v) is 13.2. The summed E-state index contributed by atoms with van der Waals surface area (Å²) in [6, 6.07) is 12.9. The molecule has 2 rings (SSSR count). The van der Waals surface area contributed by atoms with E-state index in [1.54, 1.807) is 0 Å². The van der Waals surface area contributed by atoms with Gasteiger partial charge in [0.05, 0.1) is 0 Å². The molecule has 19 heavy (non-hydrogen) atoms. The van der Waals surface area contributed by atoms with Crippen LogP contribution in [-0.4, -0.2) is 7.05 Å². The molecule has 0 amide bonds. The van der Waals surface area contributed by atoms with E-state index < -0.39 is 0 Å². The van der Waals surface area contributed by atoms with Gasteiger partial charge in [0, 0.05) is 29.4 Å². The highest BCUT2D eigenvalue weighted by Crippen LogP contribution is 2.29. The molecule has 0 spiro atoms. The Balaban J connectivity index is 2.38. The summed E-state index contributed by atoms with van der Waals surface area (Å²) in [5.41, 5.74) is 11.7. The van der Waals surface area contributed by atoms with E-state index in [1.165, 1.54) is 16.8 Å². The van der Waals surface area contributed by atoms with E-state index in [2.05, 4.69) is 78.1 Å². The Morgan fingerprint density at radius 2 is 1.63 bits per heavy atom. The van der Waals surface area contributed by atoms with E-state index in [-0.39, 0.29) is 0 Å². The fourth-order valence-electron chi connectivity index (χ4n) is 2.20. The number of nitrogens with zero attached hydrogens (tertiary/aromatic N) is 1. The molecule has 0 aromatic heterocycles. The largest absolute Gasteiger partial charge is 0.345 e. The predicted octanol–water partition coefficient (Wildman–Crippen LogP) is 4.29. The fourth-order valence-corrected chi connectivity index (χ4v) is 2.73. The molecular weight excluding hydrogens is 300 g/mol. The SMILES string of the molecule is Cc1cc(C)cc(N(C)c2ccc(CN)c(Br)c2)c1. The zero-order valence-electron chi connectivity index (χ0n) is 11.6. The van der Waals surface area contributed by atoms with Gasteiger partial charge in [0.25, 0.3) is 0 Å². The van der Waals surface area contributed by atoms with Gasteiger partial charge in [0.2, 0.25) is 0 Å². The van der Waals surface area contributed by atoms with Crippen molar-refractivity contribution in [1.82, 2.24) is 0 Å². The lowest BCUT2D eigenvalue weighted by Crippen LogP contribution is -2.10. The molecule has 2 nitrogen and oxygen atoms in total. The molecule has 2 N–H and O–H groups in total. The van der Waals surface area contributed by atoms with Crippen molar-refractivity contribution in [2.45, 2.75) is 20.4 Å². The van der Waals surface area contributed by atoms with E-state index in [1.807, 2.05) is 0 Å². The maximum absolute atomic E-state index is 5.68. The van der Waals surface area contributed by atoms with Crippen molar-refractivity contribution < 1.29 is 0 Å². The summed E-state index contributed by atoms with van der Waals surface area (Å²) in [5.74, 6) is 0. The lowest BCUT2D eigenvalue weighted by atomic mass is 10.1. The number of benzene rings is 2. The molecule has 100 valence electrons. The first kappa shape index (κ1) is 14.1. The van der Waals surface area contributed by atoms with Crippen LogP contribution in [0.4, 0.5) is 11.4 Å². The summed E-state index contributed by atoms with van der Waals surface area (Å²) in [4.78, 5) is 2.19. The summed E-state index contributed by atoms with van der Waals surface area (Å²) in [5, 5.41) is 0. The Morgan fingerprint density at radius 1 is 1.00 bits per heavy atom. The minimum Gasteiger partial charge on any atom is -0.345 e. The summed E-state index contributed by atoms with van der Waals surface area (Å²) >= 11 is 3.57. The van der Waals surface area contributed by atoms with Gasteiger partial charge in [0.1, 0.15) is 0 Å². The van der Waals surface area contributed by atoms with Crippen molar-refractivity contribution in [3.05, 3.63) is 57.6 Å². The van der Waals surface area contributed by atoms with Crippen LogP contribution in [-0.2, 0) is 6.54 Å². The number of hydrogen-bond acceptors (Lipinski definition) is 2. The van der Waals surface area contributed by atoms with Gasteiger partial charge in [-0.3, -0.25) is 0 Å². The Kier molecular flexibility index (Phi) is 4.27. The average molecular weight is 319 g/mol. The van der Waals surface area contributed by atoms with Gasteiger partial charge in [-0.05, 0) is 54.8 Å². The normalized spacial score (nSPS) is 10.6. The first-order valence-corrected chi connectivity index (χ1v) is 7.11. The maximum atomic E-state index is 5.68. The van der Waals surface area contributed by atoms with Crippen LogP contribution >= 0.6 is 15.9 Å². The summed E-state index contributed by atoms with van der Waals surface area (Å²) in [6.45, 7) is 4.80. The van der Waals surface area contributed by atoms with Crippen molar-refractivity contribution in [3.8, 4) is 0 Å². The van der Waals surface area contributed by atoms with Gasteiger partial charge in [-0.2, -0.15) is 0 Å². The molecule has 0 aliphatic rings. The van der Waals surface area contributed by atoms with E-state index in [9.17, 15) is 0 Å². The van der Waals surface area contributed by atoms with Crippen molar-refractivity contribution >= 4 is 27.3 Å². The van der Waals surface area contributed by atoms with Gasteiger partial charge in [0.15, 0.2) is 0 Å². The summed E-state index contributed by atoms with van der Waals surface area (Å²) in [6.07, 6.45) is 0. The molecule has 0 aliphatic carbocycles. The van der Waals surface area contributed by atoms with Crippen molar-refractivity contribution in [3.63, 3.8) is 0 Å². The molecule has 2 aromatic carbocycles. The second-order valence-electron chi connectivity index (χ2n) is 4.88. The van der Waals surface area contributed by atoms with E-state index in [4.69, 9.17) is 5.73 Å². The Hall–Kier alpha value is -1.32. The second kappa shape index (κ2) is 5.76. The molecule has 0 unspecified atom stereocenters. The highest BCUT2D eigenvalue weighted by molar-refractivity contribution is 9.10. The molecule has 0 fully saturated rings. The summed E-state index contributed by atoms with van der Waals surface area (Å²) in [7, 11) is 2.08. The molecule has 0 atom stereocenters.